The van der Waals surface area contributed by atoms with Crippen molar-refractivity contribution < 1.29 is 15.3 Å². The molecule has 0 saturated heterocycles. The molecule has 0 aliphatic carbocycles. The van der Waals surface area contributed by atoms with Gasteiger partial charge < -0.3 is 15.3 Å². The van der Waals surface area contributed by atoms with Crippen molar-refractivity contribution in [2.24, 2.45) is 0 Å². The topological polar surface area (TPSA) is 94.1 Å². The third kappa shape index (κ3) is 2.73. The van der Waals surface area contributed by atoms with E-state index in [2.05, 4.69) is 10.1 Å². The van der Waals surface area contributed by atoms with Gasteiger partial charge in [0, 0.05) is 18.0 Å². The van der Waals surface area contributed by atoms with Crippen molar-refractivity contribution in [2.45, 2.75) is 6.04 Å². The Morgan fingerprint density at radius 3 is 2.64 bits per heavy atom. The fourth-order valence-electron chi connectivity index (χ4n) is 2.42. The Kier molecular flexibility index (Phi) is 4.69. The summed E-state index contributed by atoms with van der Waals surface area (Å²) >= 11 is 2.93. The van der Waals surface area contributed by atoms with E-state index in [1.807, 2.05) is 22.4 Å². The minimum Gasteiger partial charge on any atom is -0.492 e. The Bertz CT molecular complexity index is 719. The maximum atomic E-state index is 10.5. The lowest BCUT2D eigenvalue weighted by molar-refractivity contribution is 0.137. The van der Waals surface area contributed by atoms with E-state index < -0.39 is 0 Å². The van der Waals surface area contributed by atoms with Crippen molar-refractivity contribution in [2.75, 3.05) is 26.3 Å². The molecule has 3 rings (SSSR count). The molecule has 3 N–H and O–H groups in total. The van der Waals surface area contributed by atoms with Crippen LogP contribution >= 0.6 is 22.7 Å². The number of fused-ring (bicyclic) bond motifs is 1. The van der Waals surface area contributed by atoms with Crippen molar-refractivity contribution in [1.29, 1.82) is 0 Å². The minimum absolute atomic E-state index is 0.0244. The summed E-state index contributed by atoms with van der Waals surface area (Å²) in [4.78, 5) is 8.40. The average molecular weight is 340 g/mol. The summed E-state index contributed by atoms with van der Waals surface area (Å²) < 4.78 is 1.40. The molecule has 7 nitrogen and oxygen atoms in total. The third-order valence-corrected chi connectivity index (χ3v) is 5.35. The zero-order valence-corrected chi connectivity index (χ0v) is 13.3. The van der Waals surface area contributed by atoms with Crippen molar-refractivity contribution in [1.82, 2.24) is 19.5 Å². The van der Waals surface area contributed by atoms with Crippen molar-refractivity contribution in [3.05, 3.63) is 33.6 Å². The Morgan fingerprint density at radius 2 is 2.05 bits per heavy atom. The largest absolute Gasteiger partial charge is 0.492 e. The van der Waals surface area contributed by atoms with Gasteiger partial charge in [-0.3, -0.25) is 4.90 Å². The second kappa shape index (κ2) is 6.71. The van der Waals surface area contributed by atoms with E-state index in [0.29, 0.717) is 22.9 Å². The number of rotatable bonds is 7. The number of hydrogen-bond donors (Lipinski definition) is 3. The molecule has 118 valence electrons. The van der Waals surface area contributed by atoms with Gasteiger partial charge in [0.15, 0.2) is 0 Å². The number of thiazole rings is 1. The van der Waals surface area contributed by atoms with Crippen LogP contribution in [0.25, 0.3) is 4.96 Å². The lowest BCUT2D eigenvalue weighted by Crippen LogP contribution is -2.34. The number of thiophene rings is 1. The highest BCUT2D eigenvalue weighted by atomic mass is 32.1. The van der Waals surface area contributed by atoms with Crippen LogP contribution < -0.4 is 0 Å². The van der Waals surface area contributed by atoms with Gasteiger partial charge in [0.25, 0.3) is 0 Å². The van der Waals surface area contributed by atoms with Crippen LogP contribution in [-0.4, -0.2) is 61.1 Å². The summed E-state index contributed by atoms with van der Waals surface area (Å²) in [5.41, 5.74) is 0. The van der Waals surface area contributed by atoms with Gasteiger partial charge in [-0.15, -0.1) is 11.3 Å². The number of aliphatic hydroxyl groups excluding tert-OH is 2. The Hall–Kier alpha value is -1.52. The lowest BCUT2D eigenvalue weighted by atomic mass is 10.1. The zero-order chi connectivity index (χ0) is 15.5. The molecule has 0 aliphatic rings. The number of hydrogen-bond acceptors (Lipinski definition) is 8. The average Bonchev–Trinajstić information content (AvgIpc) is 3.21. The van der Waals surface area contributed by atoms with E-state index >= 15 is 0 Å². The second-order valence-electron chi connectivity index (χ2n) is 4.65. The molecule has 1 atom stereocenters. The predicted octanol–water partition coefficient (Wildman–Crippen LogP) is 0.934. The first-order chi connectivity index (χ1) is 10.8. The molecule has 22 heavy (non-hydrogen) atoms. The van der Waals surface area contributed by atoms with E-state index in [9.17, 15) is 15.3 Å². The summed E-state index contributed by atoms with van der Waals surface area (Å²) in [6, 6.07) is 3.68. The monoisotopic (exact) mass is 340 g/mol. The molecule has 0 bridgehead atoms. The smallest absolute Gasteiger partial charge is 0.230 e. The van der Waals surface area contributed by atoms with Crippen LogP contribution in [0.2, 0.25) is 0 Å². The van der Waals surface area contributed by atoms with Gasteiger partial charge in [0.05, 0.1) is 24.1 Å². The highest BCUT2D eigenvalue weighted by molar-refractivity contribution is 7.17. The maximum Gasteiger partial charge on any atom is 0.230 e. The summed E-state index contributed by atoms with van der Waals surface area (Å²) in [6.07, 6.45) is 1.40. The first kappa shape index (κ1) is 15.4. The van der Waals surface area contributed by atoms with Gasteiger partial charge in [-0.25, -0.2) is 4.98 Å². The Labute approximate surface area is 134 Å². The summed E-state index contributed by atoms with van der Waals surface area (Å²) in [6.45, 7) is 0.749. The Morgan fingerprint density at radius 1 is 1.27 bits per heavy atom. The zero-order valence-electron chi connectivity index (χ0n) is 11.7. The fraction of sp³-hybridized carbons (Fsp3) is 0.385. The van der Waals surface area contributed by atoms with Crippen LogP contribution in [0, 0.1) is 0 Å². The van der Waals surface area contributed by atoms with E-state index in [-0.39, 0.29) is 25.1 Å². The summed E-state index contributed by atoms with van der Waals surface area (Å²) in [5, 5.41) is 35.1. The van der Waals surface area contributed by atoms with E-state index in [4.69, 9.17) is 0 Å². The van der Waals surface area contributed by atoms with E-state index in [0.717, 1.165) is 4.88 Å². The highest BCUT2D eigenvalue weighted by Crippen LogP contribution is 2.40. The van der Waals surface area contributed by atoms with Gasteiger partial charge in [-0.2, -0.15) is 9.61 Å². The molecule has 3 aromatic rings. The molecule has 1 unspecified atom stereocenters. The SMILES string of the molecule is OCCN(CCO)C(c1cccs1)c1sc2ncnn2c1O. The van der Waals surface area contributed by atoms with Crippen LogP contribution in [0.4, 0.5) is 0 Å². The maximum absolute atomic E-state index is 10.5. The van der Waals surface area contributed by atoms with E-state index in [1.54, 1.807) is 11.3 Å². The molecule has 0 spiro atoms. The second-order valence-corrected chi connectivity index (χ2v) is 6.63. The molecule has 0 saturated carbocycles. The standard InChI is InChI=1S/C13H16N4O3S2/c18-5-3-16(4-6-19)10(9-2-1-7-21-9)11-12(20)17-13(22-11)14-8-15-17/h1-2,7-8,10,18-20H,3-6H2. The minimum atomic E-state index is -0.243. The Balaban J connectivity index is 2.07. The van der Waals surface area contributed by atoms with Crippen molar-refractivity contribution in [3.8, 4) is 5.88 Å². The first-order valence-corrected chi connectivity index (χ1v) is 8.46. The predicted molar refractivity (Wildman–Crippen MR) is 84.4 cm³/mol. The van der Waals surface area contributed by atoms with Crippen LogP contribution in [0.3, 0.4) is 0 Å². The van der Waals surface area contributed by atoms with Gasteiger partial charge in [-0.05, 0) is 11.4 Å². The molecule has 0 fully saturated rings. The molecule has 3 heterocycles. The fourth-order valence-corrected chi connectivity index (χ4v) is 4.44. The van der Waals surface area contributed by atoms with Gasteiger partial charge in [-0.1, -0.05) is 17.4 Å². The van der Waals surface area contributed by atoms with Crippen LogP contribution in [0.5, 0.6) is 5.88 Å². The third-order valence-electron chi connectivity index (χ3n) is 3.34. The van der Waals surface area contributed by atoms with Crippen molar-refractivity contribution in [3.63, 3.8) is 0 Å². The lowest BCUT2D eigenvalue weighted by Gasteiger charge is -2.29. The van der Waals surface area contributed by atoms with Crippen LogP contribution in [0.15, 0.2) is 23.8 Å². The molecular formula is C13H16N4O3S2. The number of nitrogens with zero attached hydrogens (tertiary/aromatic N) is 4. The number of aromatic nitrogens is 3. The number of aromatic hydroxyl groups is 1. The van der Waals surface area contributed by atoms with Gasteiger partial charge >= 0.3 is 0 Å². The molecule has 0 radical (unpaired) electrons. The quantitative estimate of drug-likeness (QED) is 0.592. The van der Waals surface area contributed by atoms with E-state index in [1.165, 1.54) is 22.2 Å². The molecule has 0 amide bonds. The normalized spacial score (nSPS) is 13.2. The highest BCUT2D eigenvalue weighted by Gasteiger charge is 2.29. The molecule has 0 aromatic carbocycles. The first-order valence-electron chi connectivity index (χ1n) is 6.76. The van der Waals surface area contributed by atoms with Gasteiger partial charge in [0.1, 0.15) is 6.33 Å². The van der Waals surface area contributed by atoms with Crippen LogP contribution in [-0.2, 0) is 0 Å². The van der Waals surface area contributed by atoms with Crippen molar-refractivity contribution >= 4 is 27.6 Å². The van der Waals surface area contributed by atoms with Crippen LogP contribution in [0.1, 0.15) is 15.8 Å². The molecule has 0 aliphatic heterocycles. The summed E-state index contributed by atoms with van der Waals surface area (Å²) in [7, 11) is 0. The van der Waals surface area contributed by atoms with Gasteiger partial charge in [0.2, 0.25) is 10.8 Å². The molecule has 9 heteroatoms. The molecule has 3 aromatic heterocycles. The number of aliphatic hydroxyl groups is 2. The summed E-state index contributed by atoms with van der Waals surface area (Å²) in [5.74, 6) is 0.0526. The molecular weight excluding hydrogens is 324 g/mol.